The Kier molecular flexibility index (Phi) is 5.92. The third-order valence-corrected chi connectivity index (χ3v) is 6.43. The molecule has 1 aliphatic heterocycles. The van der Waals surface area contributed by atoms with Crippen molar-refractivity contribution in [1.82, 2.24) is 19.4 Å². The van der Waals surface area contributed by atoms with Crippen molar-refractivity contribution in [2.45, 2.75) is 4.90 Å². The van der Waals surface area contributed by atoms with Crippen LogP contribution in [0, 0.1) is 0 Å². The molecule has 3 rings (SSSR count). The number of nitrogens with zero attached hydrogens (tertiary/aromatic N) is 5. The van der Waals surface area contributed by atoms with E-state index >= 15 is 0 Å². The van der Waals surface area contributed by atoms with Crippen molar-refractivity contribution >= 4 is 27.4 Å². The Morgan fingerprint density at radius 1 is 1.07 bits per heavy atom. The molecule has 0 aliphatic carbocycles. The molecule has 10 heteroatoms. The van der Waals surface area contributed by atoms with Crippen LogP contribution in [-0.4, -0.2) is 81.0 Å². The second-order valence-corrected chi connectivity index (χ2v) is 8.80. The molecule has 0 bridgehead atoms. The normalized spacial score (nSPS) is 16.0. The first kappa shape index (κ1) is 20.2. The molecule has 2 aromatic rings. The van der Waals surface area contributed by atoms with Crippen LogP contribution in [0.2, 0.25) is 0 Å². The number of benzene rings is 1. The maximum atomic E-state index is 12.9. The molecule has 1 aromatic heterocycles. The highest BCUT2D eigenvalue weighted by Crippen LogP contribution is 2.21. The van der Waals surface area contributed by atoms with Gasteiger partial charge in [-0.05, 0) is 37.4 Å². The van der Waals surface area contributed by atoms with Crippen molar-refractivity contribution in [2.24, 2.45) is 0 Å². The zero-order chi connectivity index (χ0) is 20.3. The summed E-state index contributed by atoms with van der Waals surface area (Å²) in [7, 11) is 2.02. The number of rotatable bonds is 5. The van der Waals surface area contributed by atoms with Gasteiger partial charge < -0.3 is 15.1 Å². The van der Waals surface area contributed by atoms with Crippen LogP contribution in [0.3, 0.4) is 0 Å². The fraction of sp³-hybridized carbons (Fsp3) is 0.389. The van der Waals surface area contributed by atoms with Gasteiger partial charge in [-0.3, -0.25) is 4.79 Å². The molecule has 1 aliphatic rings. The Morgan fingerprint density at radius 3 is 2.39 bits per heavy atom. The fourth-order valence-corrected chi connectivity index (χ4v) is 4.26. The van der Waals surface area contributed by atoms with E-state index in [1.807, 2.05) is 21.1 Å². The maximum Gasteiger partial charge on any atom is 0.276 e. The van der Waals surface area contributed by atoms with E-state index in [9.17, 15) is 13.2 Å². The van der Waals surface area contributed by atoms with Gasteiger partial charge in [-0.15, -0.1) is 10.2 Å². The highest BCUT2D eigenvalue weighted by molar-refractivity contribution is 7.89. The average molecular weight is 404 g/mol. The van der Waals surface area contributed by atoms with E-state index in [1.54, 1.807) is 29.2 Å². The van der Waals surface area contributed by atoms with Gasteiger partial charge in [0.05, 0.1) is 4.90 Å². The molecule has 0 saturated carbocycles. The van der Waals surface area contributed by atoms with Gasteiger partial charge in [0.1, 0.15) is 0 Å². The number of hydrogen-bond donors (Lipinski definition) is 1. The third kappa shape index (κ3) is 4.46. The Labute approximate surface area is 165 Å². The first-order chi connectivity index (χ1) is 13.3. The zero-order valence-corrected chi connectivity index (χ0v) is 17.0. The number of carbonyl (C=O) groups is 1. The van der Waals surface area contributed by atoms with Crippen molar-refractivity contribution in [3.63, 3.8) is 0 Å². The van der Waals surface area contributed by atoms with E-state index in [-0.39, 0.29) is 10.6 Å². The molecular formula is C18H24N6O3S. The molecule has 1 N–H and O–H groups in total. The minimum Gasteiger partial charge on any atom is -0.361 e. The van der Waals surface area contributed by atoms with E-state index in [1.165, 1.54) is 16.4 Å². The van der Waals surface area contributed by atoms with Crippen molar-refractivity contribution in [3.8, 4) is 0 Å². The quantitative estimate of drug-likeness (QED) is 0.784. The minimum absolute atomic E-state index is 0.151. The monoisotopic (exact) mass is 404 g/mol. The summed E-state index contributed by atoms with van der Waals surface area (Å²) in [4.78, 5) is 16.4. The molecule has 0 atom stereocenters. The zero-order valence-electron chi connectivity index (χ0n) is 16.2. The van der Waals surface area contributed by atoms with Crippen molar-refractivity contribution in [1.29, 1.82) is 0 Å². The second-order valence-electron chi connectivity index (χ2n) is 6.86. The summed E-state index contributed by atoms with van der Waals surface area (Å²) in [6, 6.07) is 9.52. The van der Waals surface area contributed by atoms with Crippen molar-refractivity contribution in [2.75, 3.05) is 57.5 Å². The lowest BCUT2D eigenvalue weighted by Crippen LogP contribution is -2.47. The highest BCUT2D eigenvalue weighted by Gasteiger charge is 2.27. The van der Waals surface area contributed by atoms with Gasteiger partial charge in [0.15, 0.2) is 11.5 Å². The average Bonchev–Trinajstić information content (AvgIpc) is 2.68. The molecule has 1 fully saturated rings. The number of likely N-dealkylation sites (N-methyl/N-ethyl adjacent to an activating group) is 1. The van der Waals surface area contributed by atoms with Crippen LogP contribution in [0.15, 0.2) is 41.3 Å². The highest BCUT2D eigenvalue weighted by atomic mass is 32.2. The number of sulfonamides is 1. The molecule has 0 spiro atoms. The first-order valence-corrected chi connectivity index (χ1v) is 10.3. The summed E-state index contributed by atoms with van der Waals surface area (Å²) in [6.07, 6.45) is 0. The van der Waals surface area contributed by atoms with Gasteiger partial charge in [0.2, 0.25) is 10.0 Å². The van der Waals surface area contributed by atoms with Gasteiger partial charge >= 0.3 is 0 Å². The van der Waals surface area contributed by atoms with Crippen LogP contribution in [0.25, 0.3) is 0 Å². The largest absolute Gasteiger partial charge is 0.361 e. The Hall–Kier alpha value is -2.56. The van der Waals surface area contributed by atoms with Gasteiger partial charge in [-0.25, -0.2) is 8.42 Å². The standard InChI is InChI=1S/C18H24N6O3S/c1-22(2)17-8-7-16(20-21-17)18(25)19-14-5-4-6-15(13-14)28(26,27)24-11-9-23(3)10-12-24/h4-8,13H,9-12H2,1-3H3,(H,19,25). The number of piperazine rings is 1. The van der Waals surface area contributed by atoms with E-state index in [4.69, 9.17) is 0 Å². The van der Waals surface area contributed by atoms with Crippen LogP contribution in [0.5, 0.6) is 0 Å². The minimum atomic E-state index is -3.60. The molecule has 0 unspecified atom stereocenters. The SMILES string of the molecule is CN1CCN(S(=O)(=O)c2cccc(NC(=O)c3ccc(N(C)C)nn3)c2)CC1. The second kappa shape index (κ2) is 8.21. The lowest BCUT2D eigenvalue weighted by atomic mass is 10.3. The lowest BCUT2D eigenvalue weighted by Gasteiger charge is -2.31. The molecule has 1 amide bonds. The first-order valence-electron chi connectivity index (χ1n) is 8.88. The van der Waals surface area contributed by atoms with E-state index in [2.05, 4.69) is 20.4 Å². The van der Waals surface area contributed by atoms with Crippen LogP contribution >= 0.6 is 0 Å². The van der Waals surface area contributed by atoms with Gasteiger partial charge in [0, 0.05) is 46.0 Å². The van der Waals surface area contributed by atoms with E-state index in [0.717, 1.165) is 0 Å². The predicted octanol–water partition coefficient (Wildman–Crippen LogP) is 0.731. The van der Waals surface area contributed by atoms with Crippen molar-refractivity contribution < 1.29 is 13.2 Å². The van der Waals surface area contributed by atoms with Crippen LogP contribution in [-0.2, 0) is 10.0 Å². The number of nitrogens with one attached hydrogen (secondary N) is 1. The predicted molar refractivity (Wildman–Crippen MR) is 107 cm³/mol. The van der Waals surface area contributed by atoms with Crippen LogP contribution < -0.4 is 10.2 Å². The third-order valence-electron chi connectivity index (χ3n) is 4.53. The maximum absolute atomic E-state index is 12.9. The van der Waals surface area contributed by atoms with Gasteiger partial charge in [-0.2, -0.15) is 4.31 Å². The van der Waals surface area contributed by atoms with E-state index in [0.29, 0.717) is 37.7 Å². The van der Waals surface area contributed by atoms with Crippen LogP contribution in [0.1, 0.15) is 10.5 Å². The molecule has 28 heavy (non-hydrogen) atoms. The summed E-state index contributed by atoms with van der Waals surface area (Å²) >= 11 is 0. The number of hydrogen-bond acceptors (Lipinski definition) is 7. The summed E-state index contributed by atoms with van der Waals surface area (Å²) in [5.41, 5.74) is 0.539. The number of aromatic nitrogens is 2. The summed E-state index contributed by atoms with van der Waals surface area (Å²) in [5, 5.41) is 10.6. The van der Waals surface area contributed by atoms with Crippen LogP contribution in [0.4, 0.5) is 11.5 Å². The Morgan fingerprint density at radius 2 is 1.79 bits per heavy atom. The van der Waals surface area contributed by atoms with Crippen molar-refractivity contribution in [3.05, 3.63) is 42.1 Å². The number of carbonyl (C=O) groups excluding carboxylic acids is 1. The fourth-order valence-electron chi connectivity index (χ4n) is 2.79. The molecule has 0 radical (unpaired) electrons. The Bertz CT molecular complexity index is 938. The molecular weight excluding hydrogens is 380 g/mol. The smallest absolute Gasteiger partial charge is 0.276 e. The van der Waals surface area contributed by atoms with Gasteiger partial charge in [0.25, 0.3) is 5.91 Å². The molecule has 150 valence electrons. The van der Waals surface area contributed by atoms with Gasteiger partial charge in [-0.1, -0.05) is 6.07 Å². The molecule has 9 nitrogen and oxygen atoms in total. The lowest BCUT2D eigenvalue weighted by molar-refractivity contribution is 0.102. The summed E-state index contributed by atoms with van der Waals surface area (Å²) < 4.78 is 27.2. The molecule has 2 heterocycles. The number of amides is 1. The summed E-state index contributed by atoms with van der Waals surface area (Å²) in [5.74, 6) is 0.184. The molecule has 1 saturated heterocycles. The topological polar surface area (TPSA) is 98.7 Å². The Balaban J connectivity index is 1.75. The molecule has 1 aromatic carbocycles. The number of anilines is 2. The van der Waals surface area contributed by atoms with E-state index < -0.39 is 15.9 Å². The summed E-state index contributed by atoms with van der Waals surface area (Å²) in [6.45, 7) is 2.28.